The molecule has 1 saturated heterocycles. The third-order valence-electron chi connectivity index (χ3n) is 4.21. The van der Waals surface area contributed by atoms with E-state index in [1.54, 1.807) is 0 Å². The van der Waals surface area contributed by atoms with Crippen molar-refractivity contribution in [3.05, 3.63) is 0 Å². The molecule has 88 valence electrons. The molecule has 1 aliphatic heterocycles. The average molecular weight is 212 g/mol. The molecule has 2 aliphatic rings. The quantitative estimate of drug-likeness (QED) is 0.732. The first-order valence-electron chi connectivity index (χ1n) is 6.25. The SMILES string of the molecule is CC1CC(NCC2(O)CCC2)CCN1C. The Kier molecular flexibility index (Phi) is 3.33. The highest BCUT2D eigenvalue weighted by molar-refractivity contribution is 4.91. The lowest BCUT2D eigenvalue weighted by Crippen LogP contribution is -2.52. The zero-order valence-corrected chi connectivity index (χ0v) is 10.00. The number of likely N-dealkylation sites (tertiary alicyclic amines) is 1. The van der Waals surface area contributed by atoms with Crippen molar-refractivity contribution < 1.29 is 5.11 Å². The van der Waals surface area contributed by atoms with Gasteiger partial charge in [-0.2, -0.15) is 0 Å². The van der Waals surface area contributed by atoms with Gasteiger partial charge in [-0.15, -0.1) is 0 Å². The number of nitrogens with one attached hydrogen (secondary N) is 1. The third-order valence-corrected chi connectivity index (χ3v) is 4.21. The molecule has 3 heteroatoms. The minimum atomic E-state index is -0.368. The maximum atomic E-state index is 9.99. The Balaban J connectivity index is 1.71. The maximum Gasteiger partial charge on any atom is 0.0771 e. The van der Waals surface area contributed by atoms with Crippen molar-refractivity contribution in [2.24, 2.45) is 0 Å². The van der Waals surface area contributed by atoms with Gasteiger partial charge in [-0.25, -0.2) is 0 Å². The van der Waals surface area contributed by atoms with Crippen molar-refractivity contribution in [2.75, 3.05) is 20.1 Å². The van der Waals surface area contributed by atoms with Crippen molar-refractivity contribution in [3.8, 4) is 0 Å². The van der Waals surface area contributed by atoms with Crippen LogP contribution in [0.5, 0.6) is 0 Å². The van der Waals surface area contributed by atoms with Crippen LogP contribution in [0.3, 0.4) is 0 Å². The van der Waals surface area contributed by atoms with E-state index in [1.807, 2.05) is 0 Å². The van der Waals surface area contributed by atoms with Crippen LogP contribution in [0.15, 0.2) is 0 Å². The van der Waals surface area contributed by atoms with Crippen molar-refractivity contribution in [1.29, 1.82) is 0 Å². The van der Waals surface area contributed by atoms with E-state index in [1.165, 1.54) is 25.8 Å². The molecule has 2 unspecified atom stereocenters. The lowest BCUT2D eigenvalue weighted by molar-refractivity contribution is -0.0350. The first-order chi connectivity index (χ1) is 7.09. The van der Waals surface area contributed by atoms with E-state index in [2.05, 4.69) is 24.2 Å². The maximum absolute atomic E-state index is 9.99. The topological polar surface area (TPSA) is 35.5 Å². The van der Waals surface area contributed by atoms with Gasteiger partial charge in [-0.05, 0) is 52.6 Å². The van der Waals surface area contributed by atoms with E-state index >= 15 is 0 Å². The highest BCUT2D eigenvalue weighted by Crippen LogP contribution is 2.31. The third kappa shape index (κ3) is 2.71. The fourth-order valence-electron chi connectivity index (χ4n) is 2.57. The van der Waals surface area contributed by atoms with Gasteiger partial charge in [0.1, 0.15) is 0 Å². The minimum Gasteiger partial charge on any atom is -0.389 e. The lowest BCUT2D eigenvalue weighted by atomic mass is 9.80. The number of piperidine rings is 1. The summed E-state index contributed by atoms with van der Waals surface area (Å²) < 4.78 is 0. The van der Waals surface area contributed by atoms with Gasteiger partial charge in [-0.1, -0.05) is 0 Å². The van der Waals surface area contributed by atoms with E-state index < -0.39 is 0 Å². The first kappa shape index (κ1) is 11.4. The van der Waals surface area contributed by atoms with E-state index in [-0.39, 0.29) is 5.60 Å². The highest BCUT2D eigenvalue weighted by atomic mass is 16.3. The predicted molar refractivity (Wildman–Crippen MR) is 61.9 cm³/mol. The van der Waals surface area contributed by atoms with Crippen LogP contribution in [0.25, 0.3) is 0 Å². The molecule has 0 bridgehead atoms. The average Bonchev–Trinajstić information content (AvgIpc) is 2.17. The standard InChI is InChI=1S/C12H24N2O/c1-10-8-11(4-7-14(10)2)13-9-12(15)5-3-6-12/h10-11,13,15H,3-9H2,1-2H3. The van der Waals surface area contributed by atoms with E-state index in [4.69, 9.17) is 0 Å². The fraction of sp³-hybridized carbons (Fsp3) is 1.00. The molecule has 2 N–H and O–H groups in total. The van der Waals surface area contributed by atoms with Crippen molar-refractivity contribution in [1.82, 2.24) is 10.2 Å². The van der Waals surface area contributed by atoms with Crippen molar-refractivity contribution >= 4 is 0 Å². The largest absolute Gasteiger partial charge is 0.389 e. The summed E-state index contributed by atoms with van der Waals surface area (Å²) in [6, 6.07) is 1.29. The monoisotopic (exact) mass is 212 g/mol. The zero-order valence-electron chi connectivity index (χ0n) is 10.00. The van der Waals surface area contributed by atoms with Crippen LogP contribution in [0.1, 0.15) is 39.0 Å². The number of aliphatic hydroxyl groups is 1. The normalized spacial score (nSPS) is 36.2. The molecule has 2 fully saturated rings. The number of hydrogen-bond acceptors (Lipinski definition) is 3. The van der Waals surface area contributed by atoms with Gasteiger partial charge in [0, 0.05) is 18.6 Å². The Morgan fingerprint density at radius 3 is 2.73 bits per heavy atom. The van der Waals surface area contributed by atoms with Crippen LogP contribution in [0, 0.1) is 0 Å². The van der Waals surface area contributed by atoms with Crippen molar-refractivity contribution in [2.45, 2.75) is 56.7 Å². The Morgan fingerprint density at radius 1 is 1.47 bits per heavy atom. The second kappa shape index (κ2) is 4.40. The molecular weight excluding hydrogens is 188 g/mol. The predicted octanol–water partition coefficient (Wildman–Crippen LogP) is 0.974. The van der Waals surface area contributed by atoms with Crippen LogP contribution < -0.4 is 5.32 Å². The number of rotatable bonds is 3. The molecule has 0 amide bonds. The summed E-state index contributed by atoms with van der Waals surface area (Å²) in [5, 5.41) is 13.5. The zero-order chi connectivity index (χ0) is 10.9. The Labute approximate surface area is 92.8 Å². The second-order valence-electron chi connectivity index (χ2n) is 5.51. The van der Waals surface area contributed by atoms with E-state index in [0.29, 0.717) is 12.1 Å². The summed E-state index contributed by atoms with van der Waals surface area (Å²) in [6.45, 7) is 4.26. The van der Waals surface area contributed by atoms with Gasteiger partial charge < -0.3 is 15.3 Å². The Morgan fingerprint density at radius 2 is 2.20 bits per heavy atom. The molecule has 2 rings (SSSR count). The van der Waals surface area contributed by atoms with Crippen LogP contribution in [-0.2, 0) is 0 Å². The Bertz CT molecular complexity index is 216. The van der Waals surface area contributed by atoms with E-state index in [0.717, 1.165) is 19.4 Å². The molecule has 1 saturated carbocycles. The highest BCUT2D eigenvalue weighted by Gasteiger charge is 2.35. The summed E-state index contributed by atoms with van der Waals surface area (Å²) in [7, 11) is 2.19. The van der Waals surface area contributed by atoms with Gasteiger partial charge in [0.05, 0.1) is 5.60 Å². The van der Waals surface area contributed by atoms with Crippen LogP contribution in [0.2, 0.25) is 0 Å². The second-order valence-corrected chi connectivity index (χ2v) is 5.51. The van der Waals surface area contributed by atoms with Gasteiger partial charge in [-0.3, -0.25) is 0 Å². The van der Waals surface area contributed by atoms with E-state index in [9.17, 15) is 5.11 Å². The van der Waals surface area contributed by atoms with Crippen molar-refractivity contribution in [3.63, 3.8) is 0 Å². The van der Waals surface area contributed by atoms with Crippen LogP contribution in [-0.4, -0.2) is 47.8 Å². The molecule has 0 radical (unpaired) electrons. The smallest absolute Gasteiger partial charge is 0.0771 e. The van der Waals surface area contributed by atoms with Gasteiger partial charge in [0.15, 0.2) is 0 Å². The molecule has 1 aliphatic carbocycles. The van der Waals surface area contributed by atoms with Gasteiger partial charge >= 0.3 is 0 Å². The molecule has 1 heterocycles. The van der Waals surface area contributed by atoms with Crippen LogP contribution >= 0.6 is 0 Å². The molecule has 0 aromatic carbocycles. The molecule has 3 nitrogen and oxygen atoms in total. The molecule has 0 spiro atoms. The first-order valence-corrected chi connectivity index (χ1v) is 6.25. The van der Waals surface area contributed by atoms with Gasteiger partial charge in [0.25, 0.3) is 0 Å². The van der Waals surface area contributed by atoms with Crippen LogP contribution in [0.4, 0.5) is 0 Å². The minimum absolute atomic E-state index is 0.368. The summed E-state index contributed by atoms with van der Waals surface area (Å²) in [5.74, 6) is 0. The molecule has 0 aromatic rings. The summed E-state index contributed by atoms with van der Waals surface area (Å²) in [4.78, 5) is 2.41. The number of nitrogens with zero attached hydrogens (tertiary/aromatic N) is 1. The fourth-order valence-corrected chi connectivity index (χ4v) is 2.57. The Hall–Kier alpha value is -0.120. The summed E-state index contributed by atoms with van der Waals surface area (Å²) >= 11 is 0. The molecule has 2 atom stereocenters. The molecule has 0 aromatic heterocycles. The molecular formula is C12H24N2O. The lowest BCUT2D eigenvalue weighted by Gasteiger charge is -2.40. The summed E-state index contributed by atoms with van der Waals surface area (Å²) in [5.41, 5.74) is -0.368. The van der Waals surface area contributed by atoms with Gasteiger partial charge in [0.2, 0.25) is 0 Å². The number of hydrogen-bond donors (Lipinski definition) is 2. The molecule has 15 heavy (non-hydrogen) atoms. The summed E-state index contributed by atoms with van der Waals surface area (Å²) in [6.07, 6.45) is 5.61.